The van der Waals surface area contributed by atoms with Crippen LogP contribution in [0.4, 0.5) is 0 Å². The molecule has 0 aromatic heterocycles. The summed E-state index contributed by atoms with van der Waals surface area (Å²) in [4.78, 5) is 86.9. The summed E-state index contributed by atoms with van der Waals surface area (Å²) in [5, 5.41) is 41.3. The molecular weight excluding hydrogens is 694 g/mol. The van der Waals surface area contributed by atoms with Gasteiger partial charge in [-0.15, -0.1) is 0 Å². The first-order valence-electron chi connectivity index (χ1n) is 16.4. The molecule has 284 valence electrons. The zero-order chi connectivity index (χ0) is 38.9. The Kier molecular flexibility index (Phi) is 16.3. The summed E-state index contributed by atoms with van der Waals surface area (Å²) in [6.07, 6.45) is 0.253. The highest BCUT2D eigenvalue weighted by atomic mass is 16.4. The van der Waals surface area contributed by atoms with Gasteiger partial charge in [0.05, 0.1) is 38.8 Å². The number of hydrogen-bond donors (Lipinski definition) is 8. The maximum atomic E-state index is 12.9. The number of rotatable bonds is 22. The largest absolute Gasteiger partial charge is 0.480 e. The first kappa shape index (κ1) is 41.5. The number of fused-ring (bicyclic) bond motifs is 1. The maximum Gasteiger partial charge on any atom is 0.317 e. The predicted molar refractivity (Wildman–Crippen MR) is 189 cm³/mol. The molecule has 1 atom stereocenters. The van der Waals surface area contributed by atoms with Crippen molar-refractivity contribution in [3.8, 4) is 0 Å². The molecule has 0 aliphatic heterocycles. The molecule has 0 aliphatic rings. The molecule has 0 fully saturated rings. The van der Waals surface area contributed by atoms with E-state index in [0.29, 0.717) is 5.56 Å². The topological polar surface area (TPSA) is 272 Å². The van der Waals surface area contributed by atoms with Crippen LogP contribution in [-0.4, -0.2) is 142 Å². The van der Waals surface area contributed by atoms with Gasteiger partial charge in [-0.25, -0.2) is 0 Å². The smallest absolute Gasteiger partial charge is 0.317 e. The second-order valence-corrected chi connectivity index (χ2v) is 12.1. The minimum atomic E-state index is -1.25. The van der Waals surface area contributed by atoms with Crippen LogP contribution in [0.5, 0.6) is 0 Å². The van der Waals surface area contributed by atoms with E-state index in [9.17, 15) is 33.6 Å². The Labute approximate surface area is 304 Å². The number of carboxylic acids is 4. The Morgan fingerprint density at radius 2 is 1.11 bits per heavy atom. The van der Waals surface area contributed by atoms with Gasteiger partial charge in [0, 0.05) is 38.3 Å². The Balaban J connectivity index is 1.53. The molecule has 3 rings (SSSR count). The molecule has 0 spiro atoms. The zero-order valence-electron chi connectivity index (χ0n) is 28.8. The lowest BCUT2D eigenvalue weighted by Gasteiger charge is -2.28. The Morgan fingerprint density at radius 3 is 1.66 bits per heavy atom. The number of aliphatic carboxylic acids is 4. The van der Waals surface area contributed by atoms with E-state index < -0.39 is 73.8 Å². The molecule has 3 aromatic rings. The number of hydrazine groups is 1. The molecule has 18 heteroatoms. The van der Waals surface area contributed by atoms with Crippen molar-refractivity contribution in [3.05, 3.63) is 83.4 Å². The summed E-state index contributed by atoms with van der Waals surface area (Å²) in [7, 11) is 0. The van der Waals surface area contributed by atoms with Crippen molar-refractivity contribution in [1.29, 1.82) is 0 Å². The van der Waals surface area contributed by atoms with Crippen LogP contribution < -0.4 is 21.9 Å². The third kappa shape index (κ3) is 15.1. The van der Waals surface area contributed by atoms with Crippen molar-refractivity contribution in [1.82, 2.24) is 30.9 Å². The van der Waals surface area contributed by atoms with E-state index in [-0.39, 0.29) is 51.3 Å². The third-order valence-electron chi connectivity index (χ3n) is 7.93. The number of nitrogens with two attached hydrogens (primary N) is 1. The normalized spacial score (nSPS) is 11.7. The molecule has 0 unspecified atom stereocenters. The Bertz CT molecular complexity index is 1690. The molecule has 18 nitrogen and oxygen atoms in total. The van der Waals surface area contributed by atoms with E-state index >= 15 is 0 Å². The number of hydrogen-bond acceptors (Lipinski definition) is 11. The first-order valence-corrected chi connectivity index (χ1v) is 16.4. The molecule has 0 saturated heterocycles. The average Bonchev–Trinajstić information content (AvgIpc) is 3.09. The lowest BCUT2D eigenvalue weighted by Crippen LogP contribution is -2.50. The number of nitrogens with one attached hydrogen (secondary N) is 3. The number of carbonyl (C=O) groups is 7. The monoisotopic (exact) mass is 737 g/mol. The molecule has 9 N–H and O–H groups in total. The number of benzene rings is 3. The van der Waals surface area contributed by atoms with Crippen LogP contribution in [0.2, 0.25) is 0 Å². The van der Waals surface area contributed by atoms with E-state index in [1.165, 1.54) is 17.0 Å². The van der Waals surface area contributed by atoms with Gasteiger partial charge in [0.15, 0.2) is 0 Å². The second kappa shape index (κ2) is 20.8. The third-order valence-corrected chi connectivity index (χ3v) is 7.93. The lowest BCUT2D eigenvalue weighted by molar-refractivity contribution is -0.143. The van der Waals surface area contributed by atoms with Crippen LogP contribution in [0.3, 0.4) is 0 Å². The average molecular weight is 738 g/mol. The van der Waals surface area contributed by atoms with E-state index in [1.54, 1.807) is 12.1 Å². The lowest BCUT2D eigenvalue weighted by atomic mass is 9.99. The molecule has 0 aliphatic carbocycles. The molecule has 0 heterocycles. The van der Waals surface area contributed by atoms with Crippen molar-refractivity contribution in [3.63, 3.8) is 0 Å². The number of carbonyl (C=O) groups excluding carboxylic acids is 3. The van der Waals surface area contributed by atoms with Crippen molar-refractivity contribution < 1.29 is 54.0 Å². The molecule has 0 bridgehead atoms. The fourth-order valence-electron chi connectivity index (χ4n) is 5.35. The fraction of sp³-hybridized carbons (Fsp3) is 0.343. The summed E-state index contributed by atoms with van der Waals surface area (Å²) >= 11 is 0. The number of nitrogens with zero attached hydrogens (tertiary/aromatic N) is 3. The summed E-state index contributed by atoms with van der Waals surface area (Å²) in [5.74, 6) is -6.68. The second-order valence-electron chi connectivity index (χ2n) is 12.1. The Hall–Kier alpha value is -5.95. The minimum Gasteiger partial charge on any atom is -0.480 e. The van der Waals surface area contributed by atoms with Gasteiger partial charge < -0.3 is 31.5 Å². The summed E-state index contributed by atoms with van der Waals surface area (Å²) < 4.78 is 0. The van der Waals surface area contributed by atoms with Crippen LogP contribution in [0.15, 0.2) is 66.7 Å². The highest BCUT2D eigenvalue weighted by Gasteiger charge is 2.20. The number of amides is 3. The van der Waals surface area contributed by atoms with Gasteiger partial charge in [-0.2, -0.15) is 0 Å². The standard InChI is InChI=1S/C35H43N7O11/c36-28(16-26-6-3-5-24-4-1-2-7-27(24)26)35(53)39-38-34(52)25-10-8-23(9-11-25)17-37-29(43)18-40(12-14-41(19-30(44)45)20-31(46)47)13-15-42(21-32(48)49)22-33(50)51/h1-11,28H,12-22,36H2,(H,37,43)(H,38,52)(H,39,53)(H,44,45)(H,46,47)(H,48,49)(H,50,51)/t28-/m1/s1. The van der Waals surface area contributed by atoms with E-state index in [1.807, 2.05) is 42.5 Å². The van der Waals surface area contributed by atoms with Gasteiger partial charge in [0.2, 0.25) is 5.91 Å². The van der Waals surface area contributed by atoms with Crippen molar-refractivity contribution in [2.24, 2.45) is 5.73 Å². The quantitative estimate of drug-likeness (QED) is 0.0577. The van der Waals surface area contributed by atoms with Gasteiger partial charge in [-0.1, -0.05) is 54.6 Å². The van der Waals surface area contributed by atoms with Crippen molar-refractivity contribution in [2.75, 3.05) is 58.9 Å². The maximum absolute atomic E-state index is 12.9. The molecule has 3 aromatic carbocycles. The molecule has 53 heavy (non-hydrogen) atoms. The molecular formula is C35H43N7O11. The highest BCUT2D eigenvalue weighted by molar-refractivity contribution is 5.96. The van der Waals surface area contributed by atoms with Gasteiger partial charge in [0.1, 0.15) is 0 Å². The van der Waals surface area contributed by atoms with Gasteiger partial charge in [0.25, 0.3) is 11.8 Å². The van der Waals surface area contributed by atoms with Gasteiger partial charge in [-0.05, 0) is 40.5 Å². The molecule has 0 saturated carbocycles. The SMILES string of the molecule is N[C@H](Cc1cccc2ccccc12)C(=O)NNC(=O)c1ccc(CNC(=O)CN(CCN(CC(=O)O)CC(=O)O)CCN(CC(=O)O)CC(=O)O)cc1. The van der Waals surface area contributed by atoms with E-state index in [0.717, 1.165) is 26.1 Å². The van der Waals surface area contributed by atoms with Gasteiger partial charge in [-0.3, -0.25) is 59.1 Å². The molecule has 0 radical (unpaired) electrons. The summed E-state index contributed by atoms with van der Waals surface area (Å²) in [6, 6.07) is 18.7. The molecule has 3 amide bonds. The first-order chi connectivity index (χ1) is 25.2. The van der Waals surface area contributed by atoms with Gasteiger partial charge >= 0.3 is 23.9 Å². The Morgan fingerprint density at radius 1 is 0.604 bits per heavy atom. The zero-order valence-corrected chi connectivity index (χ0v) is 28.8. The van der Waals surface area contributed by atoms with Crippen LogP contribution >= 0.6 is 0 Å². The fourth-order valence-corrected chi connectivity index (χ4v) is 5.35. The van der Waals surface area contributed by atoms with Crippen LogP contribution in [0, 0.1) is 0 Å². The van der Waals surface area contributed by atoms with Crippen molar-refractivity contribution >= 4 is 52.4 Å². The highest BCUT2D eigenvalue weighted by Crippen LogP contribution is 2.19. The van der Waals surface area contributed by atoms with E-state index in [4.69, 9.17) is 26.2 Å². The van der Waals surface area contributed by atoms with Crippen LogP contribution in [-0.2, 0) is 41.7 Å². The number of carboxylic acid groups (broad SMARTS) is 4. The summed E-state index contributed by atoms with van der Waals surface area (Å²) in [5.41, 5.74) is 12.5. The van der Waals surface area contributed by atoms with E-state index in [2.05, 4.69) is 16.2 Å². The van der Waals surface area contributed by atoms with Crippen LogP contribution in [0.1, 0.15) is 21.5 Å². The van der Waals surface area contributed by atoms with Crippen molar-refractivity contribution in [2.45, 2.75) is 19.0 Å². The minimum absolute atomic E-state index is 0.0103. The van der Waals surface area contributed by atoms with Crippen LogP contribution in [0.25, 0.3) is 10.8 Å². The summed E-state index contributed by atoms with van der Waals surface area (Å²) in [6.45, 7) is -2.62. The predicted octanol–water partition coefficient (Wildman–Crippen LogP) is -0.969.